The first kappa shape index (κ1) is 16.6. The van der Waals surface area contributed by atoms with E-state index in [1.54, 1.807) is 18.2 Å². The van der Waals surface area contributed by atoms with Crippen molar-refractivity contribution < 1.29 is 9.18 Å². The molecule has 5 aromatic rings. The van der Waals surface area contributed by atoms with Crippen LogP contribution in [0.1, 0.15) is 10.5 Å². The lowest BCUT2D eigenvalue weighted by atomic mass is 10.1. The molecule has 3 heterocycles. The molecule has 5 nitrogen and oxygen atoms in total. The number of nitrogens with one attached hydrogen (secondary N) is 1. The molecule has 0 aliphatic carbocycles. The third-order valence-electron chi connectivity index (χ3n) is 4.44. The average Bonchev–Trinajstić information content (AvgIpc) is 3.31. The predicted octanol–water partition coefficient (Wildman–Crippen LogP) is 5.00. The van der Waals surface area contributed by atoms with Gasteiger partial charge in [0.1, 0.15) is 23.0 Å². The maximum atomic E-state index is 13.3. The van der Waals surface area contributed by atoms with Crippen molar-refractivity contribution in [2.45, 2.75) is 0 Å². The van der Waals surface area contributed by atoms with E-state index in [2.05, 4.69) is 15.3 Å². The van der Waals surface area contributed by atoms with Crippen molar-refractivity contribution in [3.8, 4) is 11.3 Å². The molecule has 136 valence electrons. The number of anilines is 1. The molecule has 1 amide bonds. The molecule has 5 rings (SSSR count). The van der Waals surface area contributed by atoms with Gasteiger partial charge in [0.05, 0.1) is 5.52 Å². The highest BCUT2D eigenvalue weighted by Crippen LogP contribution is 2.31. The minimum atomic E-state index is -0.331. The number of carbonyl (C=O) groups is 1. The first-order valence-corrected chi connectivity index (χ1v) is 9.46. The lowest BCUT2D eigenvalue weighted by Gasteiger charge is -2.07. The molecule has 0 spiro atoms. The Kier molecular flexibility index (Phi) is 3.87. The minimum absolute atomic E-state index is 0.314. The van der Waals surface area contributed by atoms with Crippen molar-refractivity contribution in [1.29, 1.82) is 0 Å². The van der Waals surface area contributed by atoms with Crippen LogP contribution >= 0.6 is 11.3 Å². The van der Waals surface area contributed by atoms with E-state index in [-0.39, 0.29) is 11.7 Å². The van der Waals surface area contributed by atoms with Gasteiger partial charge in [-0.05, 0) is 36.4 Å². The molecule has 0 aliphatic heterocycles. The number of imidazole rings is 1. The zero-order chi connectivity index (χ0) is 19.1. The normalized spacial score (nSPS) is 11.2. The second-order valence-corrected chi connectivity index (χ2v) is 7.09. The molecule has 0 bridgehead atoms. The Hall–Kier alpha value is -3.58. The van der Waals surface area contributed by atoms with Crippen LogP contribution < -0.4 is 5.32 Å². The highest BCUT2D eigenvalue weighted by Gasteiger charge is 2.19. The fourth-order valence-corrected chi connectivity index (χ4v) is 3.79. The van der Waals surface area contributed by atoms with Crippen LogP contribution in [0.2, 0.25) is 0 Å². The van der Waals surface area contributed by atoms with Gasteiger partial charge in [0.25, 0.3) is 5.91 Å². The number of fused-ring (bicyclic) bond motifs is 2. The lowest BCUT2D eigenvalue weighted by Crippen LogP contribution is -2.15. The van der Waals surface area contributed by atoms with Gasteiger partial charge in [0.15, 0.2) is 4.96 Å². The van der Waals surface area contributed by atoms with Gasteiger partial charge in [-0.25, -0.2) is 14.4 Å². The van der Waals surface area contributed by atoms with E-state index in [4.69, 9.17) is 0 Å². The molecule has 1 N–H and O–H groups in total. The summed E-state index contributed by atoms with van der Waals surface area (Å²) in [7, 11) is 0. The summed E-state index contributed by atoms with van der Waals surface area (Å²) >= 11 is 1.46. The zero-order valence-electron chi connectivity index (χ0n) is 14.5. The van der Waals surface area contributed by atoms with Gasteiger partial charge in [0, 0.05) is 22.5 Å². The van der Waals surface area contributed by atoms with Crippen molar-refractivity contribution in [2.75, 3.05) is 5.32 Å². The number of thiazole rings is 1. The van der Waals surface area contributed by atoms with E-state index in [0.717, 1.165) is 21.4 Å². The van der Waals surface area contributed by atoms with E-state index in [1.807, 2.05) is 46.3 Å². The third-order valence-corrected chi connectivity index (χ3v) is 5.20. The number of para-hydroxylation sites is 1. The standard InChI is InChI=1S/C21H13FN4OS/c22-15-8-5-14(6-9-15)18-19(26-11-12-28-21(26)24-18)25-20(27)17-10-7-13-3-1-2-4-16(13)23-17/h1-12H,(H,25,27). The smallest absolute Gasteiger partial charge is 0.275 e. The minimum Gasteiger partial charge on any atom is -0.304 e. The summed E-state index contributed by atoms with van der Waals surface area (Å²) in [4.78, 5) is 22.7. The first-order chi connectivity index (χ1) is 13.7. The molecule has 7 heteroatoms. The number of aromatic nitrogens is 3. The van der Waals surface area contributed by atoms with Crippen molar-refractivity contribution in [1.82, 2.24) is 14.4 Å². The van der Waals surface area contributed by atoms with E-state index < -0.39 is 0 Å². The molecular weight excluding hydrogens is 375 g/mol. The van der Waals surface area contributed by atoms with Crippen LogP contribution in [0.5, 0.6) is 0 Å². The number of hydrogen-bond acceptors (Lipinski definition) is 4. The van der Waals surface area contributed by atoms with Crippen LogP contribution in [0.3, 0.4) is 0 Å². The largest absolute Gasteiger partial charge is 0.304 e. The maximum Gasteiger partial charge on any atom is 0.275 e. The van der Waals surface area contributed by atoms with Gasteiger partial charge in [-0.3, -0.25) is 9.20 Å². The van der Waals surface area contributed by atoms with Crippen molar-refractivity contribution in [2.24, 2.45) is 0 Å². The molecule has 0 saturated heterocycles. The molecular formula is C21H13FN4OS. The molecule has 28 heavy (non-hydrogen) atoms. The number of benzene rings is 2. The Morgan fingerprint density at radius 3 is 2.68 bits per heavy atom. The van der Waals surface area contributed by atoms with Crippen LogP contribution in [0.25, 0.3) is 27.1 Å². The van der Waals surface area contributed by atoms with Gasteiger partial charge in [0.2, 0.25) is 0 Å². The lowest BCUT2D eigenvalue weighted by molar-refractivity contribution is 0.102. The van der Waals surface area contributed by atoms with E-state index >= 15 is 0 Å². The summed E-state index contributed by atoms with van der Waals surface area (Å²) in [6.07, 6.45) is 1.84. The van der Waals surface area contributed by atoms with Crippen molar-refractivity contribution >= 4 is 38.9 Å². The van der Waals surface area contributed by atoms with Gasteiger partial charge in [-0.15, -0.1) is 11.3 Å². The number of carbonyl (C=O) groups excluding carboxylic acids is 1. The number of pyridine rings is 1. The van der Waals surface area contributed by atoms with E-state index in [1.165, 1.54) is 23.5 Å². The van der Waals surface area contributed by atoms with Gasteiger partial charge in [-0.2, -0.15) is 0 Å². The van der Waals surface area contributed by atoms with E-state index in [9.17, 15) is 9.18 Å². The predicted molar refractivity (Wildman–Crippen MR) is 108 cm³/mol. The summed E-state index contributed by atoms with van der Waals surface area (Å²) in [6.45, 7) is 0. The number of amides is 1. The molecule has 0 fully saturated rings. The van der Waals surface area contributed by atoms with Crippen LogP contribution in [0.4, 0.5) is 10.2 Å². The summed E-state index contributed by atoms with van der Waals surface area (Å²) in [5, 5.41) is 5.78. The van der Waals surface area contributed by atoms with Crippen LogP contribution in [0.15, 0.2) is 72.2 Å². The summed E-state index contributed by atoms with van der Waals surface area (Å²) in [6, 6.07) is 17.2. The Labute approximate surface area is 163 Å². The van der Waals surface area contributed by atoms with E-state index in [0.29, 0.717) is 17.2 Å². The van der Waals surface area contributed by atoms with Crippen LogP contribution in [-0.4, -0.2) is 20.3 Å². The second kappa shape index (κ2) is 6.54. The third kappa shape index (κ3) is 2.82. The van der Waals surface area contributed by atoms with Gasteiger partial charge < -0.3 is 5.32 Å². The molecule has 2 aromatic carbocycles. The fourth-order valence-electron chi connectivity index (χ4n) is 3.08. The molecule has 0 atom stereocenters. The van der Waals surface area contributed by atoms with Gasteiger partial charge >= 0.3 is 0 Å². The Morgan fingerprint density at radius 2 is 1.82 bits per heavy atom. The highest BCUT2D eigenvalue weighted by atomic mass is 32.1. The maximum absolute atomic E-state index is 13.3. The molecule has 3 aromatic heterocycles. The molecule has 0 aliphatic rings. The number of hydrogen-bond donors (Lipinski definition) is 1. The average molecular weight is 388 g/mol. The Balaban J connectivity index is 1.56. The zero-order valence-corrected chi connectivity index (χ0v) is 15.3. The second-order valence-electron chi connectivity index (χ2n) is 6.21. The number of nitrogens with zero attached hydrogens (tertiary/aromatic N) is 3. The quantitative estimate of drug-likeness (QED) is 0.473. The number of rotatable bonds is 3. The van der Waals surface area contributed by atoms with Gasteiger partial charge in [-0.1, -0.05) is 24.3 Å². The molecule has 0 radical (unpaired) electrons. The van der Waals surface area contributed by atoms with Crippen molar-refractivity contribution in [3.63, 3.8) is 0 Å². The van der Waals surface area contributed by atoms with Crippen LogP contribution in [0, 0.1) is 5.82 Å². The summed E-state index contributed by atoms with van der Waals surface area (Å²) < 4.78 is 15.1. The topological polar surface area (TPSA) is 59.3 Å². The first-order valence-electron chi connectivity index (χ1n) is 8.58. The Morgan fingerprint density at radius 1 is 1.00 bits per heavy atom. The molecule has 0 unspecified atom stereocenters. The fraction of sp³-hybridized carbons (Fsp3) is 0. The Bertz CT molecular complexity index is 1320. The number of halogens is 1. The van der Waals surface area contributed by atoms with Crippen LogP contribution in [-0.2, 0) is 0 Å². The summed E-state index contributed by atoms with van der Waals surface area (Å²) in [5.41, 5.74) is 2.37. The molecule has 0 saturated carbocycles. The SMILES string of the molecule is O=C(Nc1c(-c2ccc(F)cc2)nc2sccn12)c1ccc2ccccc2n1. The summed E-state index contributed by atoms with van der Waals surface area (Å²) in [5.74, 6) is -0.124. The monoisotopic (exact) mass is 388 g/mol. The highest BCUT2D eigenvalue weighted by molar-refractivity contribution is 7.15. The van der Waals surface area contributed by atoms with Crippen molar-refractivity contribution in [3.05, 3.63) is 83.8 Å².